The predicted molar refractivity (Wildman–Crippen MR) is 99.5 cm³/mol. The number of nitrogens with zero attached hydrogens (tertiary/aromatic N) is 3. The SMILES string of the molecule is N#Cc1c(N)nc(N)nc1-c1cccc(OCc2ccc(Br)cc2)c1. The molecule has 0 saturated carbocycles. The monoisotopic (exact) mass is 395 g/mol. The van der Waals surface area contributed by atoms with Crippen LogP contribution in [0.2, 0.25) is 0 Å². The largest absolute Gasteiger partial charge is 0.489 e. The average Bonchev–Trinajstić information content (AvgIpc) is 2.61. The van der Waals surface area contributed by atoms with E-state index in [0.717, 1.165) is 10.0 Å². The van der Waals surface area contributed by atoms with Gasteiger partial charge in [0, 0.05) is 10.0 Å². The van der Waals surface area contributed by atoms with Crippen molar-refractivity contribution in [3.05, 3.63) is 64.1 Å². The van der Waals surface area contributed by atoms with Gasteiger partial charge in [-0.25, -0.2) is 4.98 Å². The molecule has 0 aliphatic carbocycles. The fourth-order valence-corrected chi connectivity index (χ4v) is 2.56. The molecule has 4 N–H and O–H groups in total. The first-order valence-electron chi connectivity index (χ1n) is 7.37. The van der Waals surface area contributed by atoms with Gasteiger partial charge in [0.25, 0.3) is 0 Å². The molecule has 0 aliphatic heterocycles. The molecule has 25 heavy (non-hydrogen) atoms. The highest BCUT2D eigenvalue weighted by atomic mass is 79.9. The third-order valence-electron chi connectivity index (χ3n) is 3.49. The number of nitriles is 1. The molecule has 1 heterocycles. The van der Waals surface area contributed by atoms with E-state index < -0.39 is 0 Å². The predicted octanol–water partition coefficient (Wildman–Crippen LogP) is 3.52. The zero-order valence-corrected chi connectivity index (χ0v) is 14.7. The first kappa shape index (κ1) is 16.7. The van der Waals surface area contributed by atoms with Crippen LogP contribution in [0.3, 0.4) is 0 Å². The maximum atomic E-state index is 9.31. The molecule has 0 unspecified atom stereocenters. The maximum absolute atomic E-state index is 9.31. The lowest BCUT2D eigenvalue weighted by Gasteiger charge is -2.10. The molecule has 3 aromatic rings. The number of anilines is 2. The van der Waals surface area contributed by atoms with Crippen LogP contribution in [0.25, 0.3) is 11.3 Å². The Morgan fingerprint density at radius 1 is 1.08 bits per heavy atom. The summed E-state index contributed by atoms with van der Waals surface area (Å²) in [5.74, 6) is 0.735. The van der Waals surface area contributed by atoms with Crippen molar-refractivity contribution < 1.29 is 4.74 Å². The van der Waals surface area contributed by atoms with Crippen LogP contribution in [0.5, 0.6) is 5.75 Å². The fourth-order valence-electron chi connectivity index (χ4n) is 2.30. The molecule has 0 atom stereocenters. The van der Waals surface area contributed by atoms with E-state index in [2.05, 4.69) is 25.9 Å². The van der Waals surface area contributed by atoms with Crippen LogP contribution in [-0.4, -0.2) is 9.97 Å². The van der Waals surface area contributed by atoms with Gasteiger partial charge in [-0.15, -0.1) is 0 Å². The molecule has 0 saturated heterocycles. The minimum Gasteiger partial charge on any atom is -0.489 e. The van der Waals surface area contributed by atoms with Crippen molar-refractivity contribution in [2.45, 2.75) is 6.61 Å². The molecule has 6 nitrogen and oxygen atoms in total. The topological polar surface area (TPSA) is 111 Å². The fraction of sp³-hybridized carbons (Fsp3) is 0.0556. The van der Waals surface area contributed by atoms with Crippen molar-refractivity contribution in [2.75, 3.05) is 11.5 Å². The summed E-state index contributed by atoms with van der Waals surface area (Å²) < 4.78 is 6.84. The van der Waals surface area contributed by atoms with Gasteiger partial charge in [-0.3, -0.25) is 0 Å². The Morgan fingerprint density at radius 2 is 1.84 bits per heavy atom. The summed E-state index contributed by atoms with van der Waals surface area (Å²) in [5.41, 5.74) is 13.7. The summed E-state index contributed by atoms with van der Waals surface area (Å²) in [7, 11) is 0. The number of hydrogen-bond donors (Lipinski definition) is 2. The molecule has 0 fully saturated rings. The summed E-state index contributed by atoms with van der Waals surface area (Å²) in [6.45, 7) is 0.426. The Bertz CT molecular complexity index is 951. The van der Waals surface area contributed by atoms with Crippen molar-refractivity contribution in [3.8, 4) is 23.1 Å². The van der Waals surface area contributed by atoms with E-state index in [4.69, 9.17) is 16.2 Å². The van der Waals surface area contributed by atoms with Gasteiger partial charge in [0.15, 0.2) is 0 Å². The highest BCUT2D eigenvalue weighted by Gasteiger charge is 2.13. The Labute approximate surface area is 153 Å². The lowest BCUT2D eigenvalue weighted by molar-refractivity contribution is 0.306. The van der Waals surface area contributed by atoms with Crippen LogP contribution in [0.15, 0.2) is 53.0 Å². The van der Waals surface area contributed by atoms with E-state index in [1.807, 2.05) is 48.5 Å². The van der Waals surface area contributed by atoms with Gasteiger partial charge in [-0.2, -0.15) is 10.2 Å². The van der Waals surface area contributed by atoms with E-state index >= 15 is 0 Å². The number of nitrogen functional groups attached to an aromatic ring is 2. The summed E-state index contributed by atoms with van der Waals surface area (Å²) >= 11 is 3.40. The average molecular weight is 396 g/mol. The third kappa shape index (κ3) is 3.87. The summed E-state index contributed by atoms with van der Waals surface area (Å²) in [6, 6.07) is 17.2. The molecule has 1 aromatic heterocycles. The van der Waals surface area contributed by atoms with E-state index in [0.29, 0.717) is 23.6 Å². The highest BCUT2D eigenvalue weighted by molar-refractivity contribution is 9.10. The second-order valence-corrected chi connectivity index (χ2v) is 6.16. The Kier molecular flexibility index (Phi) is 4.82. The van der Waals surface area contributed by atoms with Gasteiger partial charge >= 0.3 is 0 Å². The number of halogens is 1. The number of rotatable bonds is 4. The van der Waals surface area contributed by atoms with Gasteiger partial charge < -0.3 is 16.2 Å². The van der Waals surface area contributed by atoms with Crippen LogP contribution >= 0.6 is 15.9 Å². The normalized spacial score (nSPS) is 10.2. The molecule has 0 amide bonds. The number of aromatic nitrogens is 2. The lowest BCUT2D eigenvalue weighted by Crippen LogP contribution is -2.05. The van der Waals surface area contributed by atoms with Crippen LogP contribution in [0.1, 0.15) is 11.1 Å². The van der Waals surface area contributed by atoms with Gasteiger partial charge in [0.05, 0.1) is 5.69 Å². The smallest absolute Gasteiger partial charge is 0.222 e. The molecular formula is C18H14BrN5O. The lowest BCUT2D eigenvalue weighted by atomic mass is 10.1. The van der Waals surface area contributed by atoms with Gasteiger partial charge in [-0.1, -0.05) is 40.2 Å². The van der Waals surface area contributed by atoms with E-state index in [-0.39, 0.29) is 17.3 Å². The third-order valence-corrected chi connectivity index (χ3v) is 4.02. The molecular weight excluding hydrogens is 382 g/mol. The van der Waals surface area contributed by atoms with Crippen LogP contribution in [0, 0.1) is 11.3 Å². The molecule has 3 rings (SSSR count). The van der Waals surface area contributed by atoms with Gasteiger partial charge in [0.2, 0.25) is 5.95 Å². The molecule has 0 bridgehead atoms. The summed E-state index contributed by atoms with van der Waals surface area (Å²) in [6.07, 6.45) is 0. The van der Waals surface area contributed by atoms with Crippen LogP contribution in [-0.2, 0) is 6.61 Å². The minimum atomic E-state index is 0.0210. The van der Waals surface area contributed by atoms with Gasteiger partial charge in [-0.05, 0) is 29.8 Å². The minimum absolute atomic E-state index is 0.0210. The Morgan fingerprint density at radius 3 is 2.56 bits per heavy atom. The van der Waals surface area contributed by atoms with Crippen molar-refractivity contribution in [1.29, 1.82) is 5.26 Å². The van der Waals surface area contributed by atoms with Crippen LogP contribution < -0.4 is 16.2 Å². The number of ether oxygens (including phenoxy) is 1. The van der Waals surface area contributed by atoms with Crippen molar-refractivity contribution >= 4 is 27.7 Å². The van der Waals surface area contributed by atoms with Crippen molar-refractivity contribution in [2.24, 2.45) is 0 Å². The standard InChI is InChI=1S/C18H14BrN5O/c19-13-6-4-11(5-7-13)10-25-14-3-1-2-12(8-14)16-15(9-20)17(21)24-18(22)23-16/h1-8H,10H2,(H4,21,22,23,24). The molecule has 7 heteroatoms. The molecule has 124 valence electrons. The second kappa shape index (κ2) is 7.20. The van der Waals surface area contributed by atoms with E-state index in [1.54, 1.807) is 6.07 Å². The first-order valence-corrected chi connectivity index (χ1v) is 8.17. The number of hydrogen-bond acceptors (Lipinski definition) is 6. The Hall–Kier alpha value is -3.11. The first-order chi connectivity index (χ1) is 12.1. The zero-order valence-electron chi connectivity index (χ0n) is 13.1. The maximum Gasteiger partial charge on any atom is 0.222 e. The number of nitrogens with two attached hydrogens (primary N) is 2. The molecule has 2 aromatic carbocycles. The highest BCUT2D eigenvalue weighted by Crippen LogP contribution is 2.28. The quantitative estimate of drug-likeness (QED) is 0.698. The molecule has 0 spiro atoms. The zero-order chi connectivity index (χ0) is 17.8. The molecule has 0 radical (unpaired) electrons. The second-order valence-electron chi connectivity index (χ2n) is 5.25. The van der Waals surface area contributed by atoms with Crippen LogP contribution in [0.4, 0.5) is 11.8 Å². The number of benzene rings is 2. The Balaban J connectivity index is 1.87. The summed E-state index contributed by atoms with van der Waals surface area (Å²) in [5, 5.41) is 9.31. The van der Waals surface area contributed by atoms with E-state index in [9.17, 15) is 5.26 Å². The van der Waals surface area contributed by atoms with Crippen molar-refractivity contribution in [1.82, 2.24) is 9.97 Å². The van der Waals surface area contributed by atoms with Gasteiger partial charge in [0.1, 0.15) is 29.8 Å². The molecule has 0 aliphatic rings. The summed E-state index contributed by atoms with van der Waals surface area (Å²) in [4.78, 5) is 7.97. The van der Waals surface area contributed by atoms with Crippen molar-refractivity contribution in [3.63, 3.8) is 0 Å². The van der Waals surface area contributed by atoms with E-state index in [1.165, 1.54) is 0 Å².